The van der Waals surface area contributed by atoms with E-state index in [1.165, 1.54) is 0 Å². The lowest BCUT2D eigenvalue weighted by Crippen LogP contribution is -2.33. The molecule has 1 aromatic heterocycles. The molecule has 0 atom stereocenters. The number of amides is 2. The second kappa shape index (κ2) is 10.3. The minimum absolute atomic E-state index is 0.0889. The van der Waals surface area contributed by atoms with Gasteiger partial charge in [0.1, 0.15) is 0 Å². The average molecular weight is 469 g/mol. The first-order valence-corrected chi connectivity index (χ1v) is 9.68. The van der Waals surface area contributed by atoms with Gasteiger partial charge < -0.3 is 15.5 Å². The third kappa shape index (κ3) is 6.10. The second-order valence-corrected chi connectivity index (χ2v) is 6.89. The van der Waals surface area contributed by atoms with E-state index in [0.717, 1.165) is 29.7 Å². The first-order valence-electron chi connectivity index (χ1n) is 8.60. The maximum Gasteiger partial charge on any atom is 0.252 e. The fourth-order valence-corrected chi connectivity index (χ4v) is 3.07. The molecule has 8 heteroatoms. The van der Waals surface area contributed by atoms with Crippen molar-refractivity contribution in [1.82, 2.24) is 20.0 Å². The Hall–Kier alpha value is -1.94. The zero-order chi connectivity index (χ0) is 18.9. The number of aromatic nitrogens is 2. The Morgan fingerprint density at radius 3 is 2.65 bits per heavy atom. The normalized spacial score (nSPS) is 10.8. The summed E-state index contributed by atoms with van der Waals surface area (Å²) in [5, 5.41) is 9.63. The molecule has 0 fully saturated rings. The molecule has 0 aliphatic heterocycles. The Kier molecular flexibility index (Phi) is 8.05. The second-order valence-electron chi connectivity index (χ2n) is 5.73. The fourth-order valence-electron chi connectivity index (χ4n) is 2.44. The number of carbonyl (C=O) groups excluding carboxylic acids is 2. The molecule has 0 spiro atoms. The van der Waals surface area contributed by atoms with E-state index in [1.54, 1.807) is 29.2 Å². The van der Waals surface area contributed by atoms with E-state index in [1.807, 2.05) is 12.1 Å². The molecule has 0 radical (unpaired) electrons. The van der Waals surface area contributed by atoms with Crippen molar-refractivity contribution in [2.45, 2.75) is 20.4 Å². The number of rotatable bonds is 9. The monoisotopic (exact) mass is 469 g/mol. The van der Waals surface area contributed by atoms with Crippen LogP contribution in [0.4, 0.5) is 5.69 Å². The highest BCUT2D eigenvalue weighted by Crippen LogP contribution is 2.11. The minimum atomic E-state index is -0.285. The highest BCUT2D eigenvalue weighted by molar-refractivity contribution is 14.1. The molecule has 0 aliphatic carbocycles. The Morgan fingerprint density at radius 1 is 1.23 bits per heavy atom. The molecule has 26 heavy (non-hydrogen) atoms. The Labute approximate surface area is 167 Å². The average Bonchev–Trinajstić information content (AvgIpc) is 3.08. The molecular weight excluding hydrogens is 445 g/mol. The van der Waals surface area contributed by atoms with E-state index >= 15 is 0 Å². The van der Waals surface area contributed by atoms with Gasteiger partial charge in [-0.2, -0.15) is 5.10 Å². The first kappa shape index (κ1) is 20.4. The summed E-state index contributed by atoms with van der Waals surface area (Å²) in [6.45, 7) is 7.85. The summed E-state index contributed by atoms with van der Waals surface area (Å²) in [5.41, 5.74) is 1.18. The van der Waals surface area contributed by atoms with Gasteiger partial charge in [0.25, 0.3) is 5.91 Å². The molecule has 0 unspecified atom stereocenters. The number of halogens is 1. The number of hydrogen-bond acceptors (Lipinski definition) is 4. The van der Waals surface area contributed by atoms with E-state index in [2.05, 4.69) is 57.1 Å². The van der Waals surface area contributed by atoms with Crippen LogP contribution in [0.25, 0.3) is 0 Å². The predicted molar refractivity (Wildman–Crippen MR) is 110 cm³/mol. The lowest BCUT2D eigenvalue weighted by molar-refractivity contribution is -0.115. The number of anilines is 1. The number of benzene rings is 1. The van der Waals surface area contributed by atoms with Crippen LogP contribution < -0.4 is 10.6 Å². The summed E-state index contributed by atoms with van der Waals surface area (Å²) >= 11 is 2.10. The molecule has 2 aromatic rings. The highest BCUT2D eigenvalue weighted by atomic mass is 127. The summed E-state index contributed by atoms with van der Waals surface area (Å²) < 4.78 is 2.65. The summed E-state index contributed by atoms with van der Waals surface area (Å²) in [7, 11) is 0. The molecule has 7 nitrogen and oxygen atoms in total. The topological polar surface area (TPSA) is 79.3 Å². The number of hydrogen-bond donors (Lipinski definition) is 2. The van der Waals surface area contributed by atoms with Crippen molar-refractivity contribution in [2.75, 3.05) is 31.5 Å². The van der Waals surface area contributed by atoms with Gasteiger partial charge in [-0.05, 0) is 47.8 Å². The van der Waals surface area contributed by atoms with E-state index in [0.29, 0.717) is 11.3 Å². The van der Waals surface area contributed by atoms with Gasteiger partial charge in [-0.1, -0.05) is 26.0 Å². The number of carbonyl (C=O) groups is 2. The molecule has 0 saturated heterocycles. The highest BCUT2D eigenvalue weighted by Gasteiger charge is 2.11. The number of likely N-dealkylation sites (N-methyl/N-ethyl adjacent to an activating group) is 1. The van der Waals surface area contributed by atoms with Gasteiger partial charge >= 0.3 is 0 Å². The van der Waals surface area contributed by atoms with Gasteiger partial charge in [-0.3, -0.25) is 14.3 Å². The van der Waals surface area contributed by atoms with Crippen LogP contribution in [0.5, 0.6) is 0 Å². The molecule has 2 N–H and O–H groups in total. The standard InChI is InChI=1S/C18H24IN5O2/c1-3-23(4-2)9-10-24-13-14(11-21-24)22-17(25)12-20-18(26)15-7-5-6-8-16(15)19/h5-8,11,13H,3-4,9-10,12H2,1-2H3,(H,20,26)(H,22,25). The van der Waals surface area contributed by atoms with Crippen LogP contribution in [0.3, 0.4) is 0 Å². The van der Waals surface area contributed by atoms with E-state index in [9.17, 15) is 9.59 Å². The van der Waals surface area contributed by atoms with Crippen LogP contribution in [0.1, 0.15) is 24.2 Å². The number of nitrogens with one attached hydrogen (secondary N) is 2. The molecule has 0 aliphatic rings. The van der Waals surface area contributed by atoms with Gasteiger partial charge in [-0.25, -0.2) is 0 Å². The zero-order valence-corrected chi connectivity index (χ0v) is 17.2. The molecule has 2 rings (SSSR count). The maximum atomic E-state index is 12.1. The van der Waals surface area contributed by atoms with Crippen LogP contribution in [0.15, 0.2) is 36.7 Å². The SMILES string of the molecule is CCN(CC)CCn1cc(NC(=O)CNC(=O)c2ccccc2I)cn1. The summed E-state index contributed by atoms with van der Waals surface area (Å²) in [6, 6.07) is 7.24. The zero-order valence-electron chi connectivity index (χ0n) is 15.0. The van der Waals surface area contributed by atoms with Crippen LogP contribution in [-0.2, 0) is 11.3 Å². The van der Waals surface area contributed by atoms with Crippen molar-refractivity contribution in [3.8, 4) is 0 Å². The van der Waals surface area contributed by atoms with E-state index in [4.69, 9.17) is 0 Å². The van der Waals surface area contributed by atoms with Crippen molar-refractivity contribution in [2.24, 2.45) is 0 Å². The molecular formula is C18H24IN5O2. The van der Waals surface area contributed by atoms with Crippen LogP contribution in [0, 0.1) is 3.57 Å². The van der Waals surface area contributed by atoms with Crippen LogP contribution >= 0.6 is 22.6 Å². The lowest BCUT2D eigenvalue weighted by atomic mass is 10.2. The third-order valence-corrected chi connectivity index (χ3v) is 4.93. The van der Waals surface area contributed by atoms with E-state index in [-0.39, 0.29) is 18.4 Å². The van der Waals surface area contributed by atoms with Gasteiger partial charge in [0.05, 0.1) is 30.5 Å². The molecule has 0 bridgehead atoms. The summed E-state index contributed by atoms with van der Waals surface area (Å²) in [6.07, 6.45) is 3.41. The molecule has 1 heterocycles. The maximum absolute atomic E-state index is 12.1. The largest absolute Gasteiger partial charge is 0.343 e. The first-order chi connectivity index (χ1) is 12.5. The number of nitrogens with zero attached hydrogens (tertiary/aromatic N) is 3. The van der Waals surface area contributed by atoms with Crippen molar-refractivity contribution in [3.63, 3.8) is 0 Å². The lowest BCUT2D eigenvalue weighted by Gasteiger charge is -2.17. The van der Waals surface area contributed by atoms with Gasteiger partial charge in [0.2, 0.25) is 5.91 Å². The Morgan fingerprint density at radius 2 is 1.96 bits per heavy atom. The predicted octanol–water partition coefficient (Wildman–Crippen LogP) is 2.20. The van der Waals surface area contributed by atoms with Gasteiger partial charge in [0.15, 0.2) is 0 Å². The minimum Gasteiger partial charge on any atom is -0.343 e. The smallest absolute Gasteiger partial charge is 0.252 e. The molecule has 2 amide bonds. The van der Waals surface area contributed by atoms with Gasteiger partial charge in [-0.15, -0.1) is 0 Å². The Balaban J connectivity index is 1.79. The van der Waals surface area contributed by atoms with E-state index < -0.39 is 0 Å². The molecule has 140 valence electrons. The quantitative estimate of drug-likeness (QED) is 0.552. The van der Waals surface area contributed by atoms with Crippen molar-refractivity contribution >= 4 is 40.1 Å². The fraction of sp³-hybridized carbons (Fsp3) is 0.389. The summed E-state index contributed by atoms with van der Waals surface area (Å²) in [4.78, 5) is 26.4. The van der Waals surface area contributed by atoms with Crippen molar-refractivity contribution in [1.29, 1.82) is 0 Å². The molecule has 0 saturated carbocycles. The van der Waals surface area contributed by atoms with Crippen LogP contribution in [-0.4, -0.2) is 52.7 Å². The summed E-state index contributed by atoms with van der Waals surface area (Å²) in [5.74, 6) is -0.548. The van der Waals surface area contributed by atoms with Crippen molar-refractivity contribution < 1.29 is 9.59 Å². The Bertz CT molecular complexity index is 743. The molecule has 1 aromatic carbocycles. The third-order valence-electron chi connectivity index (χ3n) is 3.98. The van der Waals surface area contributed by atoms with Crippen LogP contribution in [0.2, 0.25) is 0 Å². The van der Waals surface area contributed by atoms with Gasteiger partial charge in [0, 0.05) is 16.3 Å². The van der Waals surface area contributed by atoms with Crippen molar-refractivity contribution in [3.05, 3.63) is 45.8 Å².